The van der Waals surface area contributed by atoms with Crippen LogP contribution in [0.4, 0.5) is 0 Å². The third-order valence-corrected chi connectivity index (χ3v) is 2.43. The molecule has 0 aliphatic heterocycles. The van der Waals surface area contributed by atoms with E-state index in [2.05, 4.69) is 31.2 Å². The summed E-state index contributed by atoms with van der Waals surface area (Å²) in [5.74, 6) is 0.876. The Morgan fingerprint density at radius 3 is 2.93 bits per heavy atom. The second kappa shape index (κ2) is 4.83. The van der Waals surface area contributed by atoms with Crippen LogP contribution in [0.1, 0.15) is 19.8 Å². The van der Waals surface area contributed by atoms with Gasteiger partial charge in [-0.1, -0.05) is 43.7 Å². The van der Waals surface area contributed by atoms with E-state index in [0.29, 0.717) is 0 Å². The molecular weight excluding hydrogens is 184 g/mol. The van der Waals surface area contributed by atoms with E-state index in [-0.39, 0.29) is 0 Å². The molecule has 1 heteroatoms. The maximum Gasteiger partial charge on any atom is 0.135 e. The largest absolute Gasteiger partial charge is 0.492 e. The van der Waals surface area contributed by atoms with Gasteiger partial charge in [-0.3, -0.25) is 0 Å². The first-order chi connectivity index (χ1) is 7.42. The van der Waals surface area contributed by atoms with Gasteiger partial charge >= 0.3 is 0 Å². The molecule has 1 radical (unpaired) electrons. The van der Waals surface area contributed by atoms with Crippen LogP contribution >= 0.6 is 0 Å². The van der Waals surface area contributed by atoms with Crippen molar-refractivity contribution in [3.05, 3.63) is 42.5 Å². The van der Waals surface area contributed by atoms with E-state index in [9.17, 15) is 0 Å². The maximum atomic E-state index is 5.70. The molecule has 0 aromatic heterocycles. The first-order valence-corrected chi connectivity index (χ1v) is 5.44. The summed E-state index contributed by atoms with van der Waals surface area (Å²) in [6.45, 7) is 2.94. The van der Waals surface area contributed by atoms with E-state index >= 15 is 0 Å². The molecule has 0 heterocycles. The SMILES string of the molecule is CCCCOc1[c]ccc2ccccc12. The summed E-state index contributed by atoms with van der Waals surface area (Å²) < 4.78 is 5.70. The molecule has 1 nitrogen and oxygen atoms in total. The Balaban J connectivity index is 2.26. The first-order valence-electron chi connectivity index (χ1n) is 5.44. The molecule has 0 amide bonds. The molecule has 0 bridgehead atoms. The van der Waals surface area contributed by atoms with E-state index in [1.165, 1.54) is 5.39 Å². The number of rotatable bonds is 4. The first kappa shape index (κ1) is 10.0. The Bertz CT molecular complexity index is 429. The highest BCUT2D eigenvalue weighted by Gasteiger charge is 2.00. The van der Waals surface area contributed by atoms with Gasteiger partial charge in [0.05, 0.1) is 6.61 Å². The zero-order valence-electron chi connectivity index (χ0n) is 8.99. The molecule has 0 N–H and O–H groups in total. The fourth-order valence-corrected chi connectivity index (χ4v) is 1.57. The third-order valence-electron chi connectivity index (χ3n) is 2.43. The van der Waals surface area contributed by atoms with Gasteiger partial charge in [0, 0.05) is 11.5 Å². The van der Waals surface area contributed by atoms with E-state index in [1.807, 2.05) is 18.2 Å². The standard InChI is InChI=1S/C14H15O/c1-2-3-11-15-14-10-6-8-12-7-4-5-9-13(12)14/h4-9H,2-3,11H2,1H3. The van der Waals surface area contributed by atoms with Crippen molar-refractivity contribution in [2.24, 2.45) is 0 Å². The molecule has 0 saturated heterocycles. The van der Waals surface area contributed by atoms with Gasteiger partial charge in [-0.15, -0.1) is 0 Å². The number of unbranched alkanes of at least 4 members (excludes halogenated alkanes) is 1. The van der Waals surface area contributed by atoms with Crippen LogP contribution in [0.25, 0.3) is 10.8 Å². The fourth-order valence-electron chi connectivity index (χ4n) is 1.57. The summed E-state index contributed by atoms with van der Waals surface area (Å²) in [4.78, 5) is 0. The lowest BCUT2D eigenvalue weighted by atomic mass is 10.1. The number of benzene rings is 2. The van der Waals surface area contributed by atoms with Crippen molar-refractivity contribution in [3.8, 4) is 5.75 Å². The minimum atomic E-state index is 0.779. The molecule has 0 aliphatic rings. The van der Waals surface area contributed by atoms with Gasteiger partial charge in [0.15, 0.2) is 0 Å². The van der Waals surface area contributed by atoms with Gasteiger partial charge in [0.25, 0.3) is 0 Å². The van der Waals surface area contributed by atoms with Crippen LogP contribution in [-0.2, 0) is 0 Å². The average molecular weight is 199 g/mol. The van der Waals surface area contributed by atoms with Crippen LogP contribution in [0.15, 0.2) is 36.4 Å². The van der Waals surface area contributed by atoms with Crippen LogP contribution in [0.2, 0.25) is 0 Å². The number of fused-ring (bicyclic) bond motifs is 1. The molecule has 15 heavy (non-hydrogen) atoms. The van der Waals surface area contributed by atoms with Crippen molar-refractivity contribution < 1.29 is 4.74 Å². The minimum Gasteiger partial charge on any atom is -0.492 e. The van der Waals surface area contributed by atoms with Crippen LogP contribution in [-0.4, -0.2) is 6.61 Å². The van der Waals surface area contributed by atoms with Gasteiger partial charge < -0.3 is 4.74 Å². The molecule has 77 valence electrons. The molecule has 2 aromatic rings. The number of hydrogen-bond acceptors (Lipinski definition) is 1. The van der Waals surface area contributed by atoms with E-state index in [0.717, 1.165) is 30.6 Å². The normalized spacial score (nSPS) is 10.5. The van der Waals surface area contributed by atoms with E-state index < -0.39 is 0 Å². The lowest BCUT2D eigenvalue weighted by Gasteiger charge is -2.07. The Hall–Kier alpha value is -1.50. The van der Waals surface area contributed by atoms with Gasteiger partial charge in [-0.25, -0.2) is 0 Å². The molecule has 0 atom stereocenters. The second-order valence-corrected chi connectivity index (χ2v) is 3.60. The highest BCUT2D eigenvalue weighted by molar-refractivity contribution is 5.87. The number of hydrogen-bond donors (Lipinski definition) is 0. The maximum absolute atomic E-state index is 5.70. The van der Waals surface area contributed by atoms with Crippen molar-refractivity contribution in [1.29, 1.82) is 0 Å². The monoisotopic (exact) mass is 199 g/mol. The lowest BCUT2D eigenvalue weighted by molar-refractivity contribution is 0.312. The predicted octanol–water partition coefficient (Wildman–Crippen LogP) is 3.82. The van der Waals surface area contributed by atoms with Crippen molar-refractivity contribution in [1.82, 2.24) is 0 Å². The van der Waals surface area contributed by atoms with Crippen molar-refractivity contribution in [2.45, 2.75) is 19.8 Å². The van der Waals surface area contributed by atoms with E-state index in [4.69, 9.17) is 4.74 Å². The predicted molar refractivity (Wildman–Crippen MR) is 63.2 cm³/mol. The molecule has 0 unspecified atom stereocenters. The summed E-state index contributed by atoms with van der Waals surface area (Å²) in [5.41, 5.74) is 0. The molecule has 2 aromatic carbocycles. The zero-order chi connectivity index (χ0) is 10.5. The summed E-state index contributed by atoms with van der Waals surface area (Å²) in [7, 11) is 0. The van der Waals surface area contributed by atoms with Crippen LogP contribution in [0.5, 0.6) is 5.75 Å². The second-order valence-electron chi connectivity index (χ2n) is 3.60. The third kappa shape index (κ3) is 2.30. The Morgan fingerprint density at radius 1 is 1.20 bits per heavy atom. The summed E-state index contributed by atoms with van der Waals surface area (Å²) in [6.07, 6.45) is 2.25. The quantitative estimate of drug-likeness (QED) is 0.680. The Morgan fingerprint density at radius 2 is 2.07 bits per heavy atom. The van der Waals surface area contributed by atoms with Gasteiger partial charge in [0.1, 0.15) is 5.75 Å². The van der Waals surface area contributed by atoms with Crippen molar-refractivity contribution in [2.75, 3.05) is 6.61 Å². The minimum absolute atomic E-state index is 0.779. The molecular formula is C14H15O. The molecule has 0 fully saturated rings. The smallest absolute Gasteiger partial charge is 0.135 e. The number of ether oxygens (including phenoxy) is 1. The average Bonchev–Trinajstić information content (AvgIpc) is 2.30. The molecule has 0 saturated carbocycles. The van der Waals surface area contributed by atoms with Gasteiger partial charge in [-0.05, 0) is 17.9 Å². The summed E-state index contributed by atoms with van der Waals surface area (Å²) in [6, 6.07) is 15.4. The lowest BCUT2D eigenvalue weighted by Crippen LogP contribution is -1.96. The highest BCUT2D eigenvalue weighted by atomic mass is 16.5. The van der Waals surface area contributed by atoms with Crippen LogP contribution in [0, 0.1) is 6.07 Å². The van der Waals surface area contributed by atoms with Crippen molar-refractivity contribution >= 4 is 10.8 Å². The van der Waals surface area contributed by atoms with E-state index in [1.54, 1.807) is 0 Å². The topological polar surface area (TPSA) is 9.23 Å². The summed E-state index contributed by atoms with van der Waals surface area (Å²) in [5, 5.41) is 2.36. The van der Waals surface area contributed by atoms with Crippen LogP contribution in [0.3, 0.4) is 0 Å². The highest BCUT2D eigenvalue weighted by Crippen LogP contribution is 2.24. The molecule has 0 aliphatic carbocycles. The summed E-state index contributed by atoms with van der Waals surface area (Å²) >= 11 is 0. The molecule has 2 rings (SSSR count). The van der Waals surface area contributed by atoms with Crippen LogP contribution < -0.4 is 4.74 Å². The fraction of sp³-hybridized carbons (Fsp3) is 0.286. The Kier molecular flexibility index (Phi) is 3.23. The van der Waals surface area contributed by atoms with Crippen molar-refractivity contribution in [3.63, 3.8) is 0 Å². The zero-order valence-corrected chi connectivity index (χ0v) is 8.99. The van der Waals surface area contributed by atoms with Gasteiger partial charge in [-0.2, -0.15) is 0 Å². The van der Waals surface area contributed by atoms with Gasteiger partial charge in [0.2, 0.25) is 0 Å². The Labute approximate surface area is 90.7 Å². The molecule has 0 spiro atoms.